The van der Waals surface area contributed by atoms with Gasteiger partial charge in [-0.3, -0.25) is 19.2 Å². The fourth-order valence-corrected chi connectivity index (χ4v) is 3.48. The number of aliphatic hydroxyl groups is 1. The number of carbonyl (C=O) groups is 5. The van der Waals surface area contributed by atoms with Crippen molar-refractivity contribution in [1.82, 2.24) is 25.9 Å². The Morgan fingerprint density at radius 3 is 2.08 bits per heavy atom. The highest BCUT2D eigenvalue weighted by Gasteiger charge is 2.31. The molecule has 0 aliphatic heterocycles. The summed E-state index contributed by atoms with van der Waals surface area (Å²) in [5.41, 5.74) is 11.8. The third-order valence-electron chi connectivity index (χ3n) is 5.74. The number of hydrogen-bond acceptors (Lipinski definition) is 9. The number of aromatic nitrogens is 2. The maximum absolute atomic E-state index is 13.2. The Labute approximate surface area is 223 Å². The van der Waals surface area contributed by atoms with E-state index in [1.165, 1.54) is 43.7 Å². The van der Waals surface area contributed by atoms with Gasteiger partial charge < -0.3 is 47.7 Å². The Morgan fingerprint density at radius 2 is 1.54 bits per heavy atom. The van der Waals surface area contributed by atoms with Crippen molar-refractivity contribution in [1.29, 1.82) is 0 Å². The summed E-state index contributed by atoms with van der Waals surface area (Å²) >= 11 is 0. The van der Waals surface area contributed by atoms with Crippen molar-refractivity contribution in [3.05, 3.63) is 48.0 Å². The average molecular weight is 548 g/mol. The molecule has 1 aromatic heterocycles. The number of carboxylic acids is 1. The quantitative estimate of drug-likeness (QED) is 0.112. The van der Waals surface area contributed by atoms with Gasteiger partial charge in [0, 0.05) is 31.2 Å². The van der Waals surface area contributed by atoms with Gasteiger partial charge in [-0.15, -0.1) is 0 Å². The summed E-state index contributed by atoms with van der Waals surface area (Å²) in [6.45, 7) is 1.28. The molecule has 1 aromatic carbocycles. The highest BCUT2D eigenvalue weighted by molar-refractivity contribution is 5.94. The van der Waals surface area contributed by atoms with Crippen LogP contribution in [0.15, 0.2) is 36.8 Å². The number of amides is 4. The van der Waals surface area contributed by atoms with Gasteiger partial charge in [0.2, 0.25) is 23.6 Å². The molecular formula is C24H33N7O8. The number of nitrogens with zero attached hydrogens (tertiary/aromatic N) is 1. The van der Waals surface area contributed by atoms with Crippen LogP contribution < -0.4 is 27.4 Å². The summed E-state index contributed by atoms with van der Waals surface area (Å²) in [4.78, 5) is 68.6. The van der Waals surface area contributed by atoms with E-state index in [9.17, 15) is 39.3 Å². The van der Waals surface area contributed by atoms with Crippen molar-refractivity contribution in [2.45, 2.75) is 62.9 Å². The monoisotopic (exact) mass is 547 g/mol. The second-order valence-electron chi connectivity index (χ2n) is 8.94. The number of aromatic hydroxyl groups is 1. The third-order valence-corrected chi connectivity index (χ3v) is 5.74. The molecule has 4 amide bonds. The Bertz CT molecular complexity index is 1140. The van der Waals surface area contributed by atoms with Crippen LogP contribution in [0.3, 0.4) is 0 Å². The van der Waals surface area contributed by atoms with Crippen LogP contribution in [0.4, 0.5) is 0 Å². The number of carbonyl (C=O) groups excluding carboxylic acids is 4. The van der Waals surface area contributed by atoms with Crippen molar-refractivity contribution < 1.29 is 39.3 Å². The minimum Gasteiger partial charge on any atom is -0.508 e. The van der Waals surface area contributed by atoms with E-state index in [0.717, 1.165) is 0 Å². The number of imidazole rings is 1. The summed E-state index contributed by atoms with van der Waals surface area (Å²) in [6.07, 6.45) is 0.790. The van der Waals surface area contributed by atoms with Crippen LogP contribution in [0.5, 0.6) is 5.75 Å². The van der Waals surface area contributed by atoms with Crippen molar-refractivity contribution in [2.75, 3.05) is 0 Å². The van der Waals surface area contributed by atoms with Crippen molar-refractivity contribution in [3.8, 4) is 5.75 Å². The highest BCUT2D eigenvalue weighted by Crippen LogP contribution is 2.12. The van der Waals surface area contributed by atoms with E-state index in [2.05, 4.69) is 25.9 Å². The van der Waals surface area contributed by atoms with Crippen molar-refractivity contribution in [3.63, 3.8) is 0 Å². The Balaban J connectivity index is 2.23. The molecule has 0 bridgehead atoms. The maximum Gasteiger partial charge on any atom is 0.326 e. The van der Waals surface area contributed by atoms with Gasteiger partial charge in [-0.2, -0.15) is 0 Å². The molecule has 1 heterocycles. The Morgan fingerprint density at radius 1 is 0.949 bits per heavy atom. The molecule has 2 rings (SSSR count). The number of phenols is 1. The topological polar surface area (TPSA) is 263 Å². The summed E-state index contributed by atoms with van der Waals surface area (Å²) in [7, 11) is 0. The number of nitrogens with one attached hydrogen (secondary N) is 4. The van der Waals surface area contributed by atoms with E-state index < -0.39 is 59.9 Å². The molecule has 2 aromatic rings. The Hall–Kier alpha value is -4.50. The van der Waals surface area contributed by atoms with E-state index in [-0.39, 0.29) is 31.4 Å². The molecule has 0 spiro atoms. The van der Waals surface area contributed by atoms with Crippen LogP contribution in [-0.4, -0.2) is 85.2 Å². The fraction of sp³-hybridized carbons (Fsp3) is 0.417. The molecule has 11 N–H and O–H groups in total. The molecule has 212 valence electrons. The number of aliphatic carboxylic acids is 1. The SMILES string of the molecule is CC(O)C(N)C(=O)NC(CCC(N)=O)C(=O)NC(Cc1cnc[nH]1)C(=O)NC(Cc1ccc(O)cc1)C(=O)O. The summed E-state index contributed by atoms with van der Waals surface area (Å²) in [5, 5.41) is 35.9. The molecule has 0 aliphatic carbocycles. The largest absolute Gasteiger partial charge is 0.508 e. The smallest absolute Gasteiger partial charge is 0.326 e. The third kappa shape index (κ3) is 10.1. The van der Waals surface area contributed by atoms with Crippen LogP contribution in [0.2, 0.25) is 0 Å². The summed E-state index contributed by atoms with van der Waals surface area (Å²) < 4.78 is 0. The summed E-state index contributed by atoms with van der Waals surface area (Å²) in [6, 6.07) is 0.350. The minimum atomic E-state index is -1.38. The van der Waals surface area contributed by atoms with Crippen molar-refractivity contribution in [2.24, 2.45) is 11.5 Å². The number of aromatic amines is 1. The lowest BCUT2D eigenvalue weighted by molar-refractivity contribution is -0.142. The number of nitrogens with two attached hydrogens (primary N) is 2. The maximum atomic E-state index is 13.2. The second-order valence-corrected chi connectivity index (χ2v) is 8.94. The number of H-pyrrole nitrogens is 1. The van der Waals surface area contributed by atoms with E-state index >= 15 is 0 Å². The number of rotatable bonds is 15. The molecule has 0 saturated heterocycles. The zero-order valence-corrected chi connectivity index (χ0v) is 21.2. The van der Waals surface area contributed by atoms with Crippen LogP contribution in [0, 0.1) is 0 Å². The first-order valence-electron chi connectivity index (χ1n) is 12.0. The van der Waals surface area contributed by atoms with Gasteiger partial charge in [-0.05, 0) is 31.0 Å². The van der Waals surface area contributed by atoms with E-state index in [1.807, 2.05) is 0 Å². The number of aliphatic hydroxyl groups excluding tert-OH is 1. The van der Waals surface area contributed by atoms with Crippen LogP contribution in [0.25, 0.3) is 0 Å². The predicted octanol–water partition coefficient (Wildman–Crippen LogP) is -2.59. The molecule has 0 aliphatic rings. The standard InChI is InChI=1S/C24H33N7O8/c1-12(32)20(26)23(37)29-16(6-7-19(25)34)21(35)30-17(9-14-10-27-11-28-14)22(36)31-18(24(38)39)8-13-2-4-15(33)5-3-13/h2-5,10-12,16-18,20,32-33H,6-9,26H2,1H3,(H2,25,34)(H,27,28)(H,29,37)(H,30,35)(H,31,36)(H,38,39). The number of benzene rings is 1. The Kier molecular flexibility index (Phi) is 11.4. The number of primary amides is 1. The number of hydrogen-bond donors (Lipinski definition) is 9. The predicted molar refractivity (Wildman–Crippen MR) is 136 cm³/mol. The van der Waals surface area contributed by atoms with Gasteiger partial charge >= 0.3 is 5.97 Å². The molecule has 15 nitrogen and oxygen atoms in total. The zero-order chi connectivity index (χ0) is 29.1. The van der Waals surface area contributed by atoms with Gasteiger partial charge in [-0.25, -0.2) is 9.78 Å². The molecule has 0 radical (unpaired) electrons. The number of phenolic OH excluding ortho intramolecular Hbond substituents is 1. The zero-order valence-electron chi connectivity index (χ0n) is 21.2. The molecule has 15 heteroatoms. The average Bonchev–Trinajstić information content (AvgIpc) is 3.39. The van der Waals surface area contributed by atoms with Gasteiger partial charge in [0.15, 0.2) is 0 Å². The second kappa shape index (κ2) is 14.4. The highest BCUT2D eigenvalue weighted by atomic mass is 16.4. The van der Waals surface area contributed by atoms with Crippen molar-refractivity contribution >= 4 is 29.6 Å². The molecule has 39 heavy (non-hydrogen) atoms. The van der Waals surface area contributed by atoms with Gasteiger partial charge in [0.25, 0.3) is 0 Å². The molecule has 0 saturated carbocycles. The first kappa shape index (κ1) is 30.7. The molecular weight excluding hydrogens is 514 g/mol. The van der Waals surface area contributed by atoms with E-state index in [1.54, 1.807) is 0 Å². The molecule has 5 unspecified atom stereocenters. The first-order chi connectivity index (χ1) is 18.4. The fourth-order valence-electron chi connectivity index (χ4n) is 3.48. The lowest BCUT2D eigenvalue weighted by Crippen LogP contribution is -2.58. The summed E-state index contributed by atoms with van der Waals surface area (Å²) in [5.74, 6) is -4.67. The van der Waals surface area contributed by atoms with Gasteiger partial charge in [0.1, 0.15) is 29.9 Å². The molecule has 0 fully saturated rings. The number of carboxylic acid groups (broad SMARTS) is 1. The van der Waals surface area contributed by atoms with Crippen LogP contribution in [-0.2, 0) is 36.8 Å². The van der Waals surface area contributed by atoms with Gasteiger partial charge in [-0.1, -0.05) is 12.1 Å². The normalized spacial score (nSPS) is 14.7. The van der Waals surface area contributed by atoms with Crippen LogP contribution in [0.1, 0.15) is 31.0 Å². The lowest BCUT2D eigenvalue weighted by Gasteiger charge is -2.25. The van der Waals surface area contributed by atoms with Crippen LogP contribution >= 0.6 is 0 Å². The van der Waals surface area contributed by atoms with E-state index in [4.69, 9.17) is 11.5 Å². The van der Waals surface area contributed by atoms with Gasteiger partial charge in [0.05, 0.1) is 12.4 Å². The van der Waals surface area contributed by atoms with E-state index in [0.29, 0.717) is 11.3 Å². The minimum absolute atomic E-state index is 0.00984. The molecule has 5 atom stereocenters. The lowest BCUT2D eigenvalue weighted by atomic mass is 10.0. The first-order valence-corrected chi connectivity index (χ1v) is 12.0.